The molecule has 1 unspecified atom stereocenters. The first kappa shape index (κ1) is 12.5. The number of hydrogen-bond acceptors (Lipinski definition) is 5. The summed E-state index contributed by atoms with van der Waals surface area (Å²) in [6.07, 6.45) is 3.44. The summed E-state index contributed by atoms with van der Waals surface area (Å²) in [4.78, 5) is 2.24. The van der Waals surface area contributed by atoms with Crippen LogP contribution in [0, 0.1) is 0 Å². The molecule has 2 heterocycles. The molecule has 0 saturated carbocycles. The van der Waals surface area contributed by atoms with E-state index in [9.17, 15) is 5.11 Å². The highest BCUT2D eigenvalue weighted by atomic mass is 16.4. The molecule has 1 fully saturated rings. The van der Waals surface area contributed by atoms with E-state index in [1.54, 1.807) is 0 Å². The first-order valence-electron chi connectivity index (χ1n) is 6.38. The van der Waals surface area contributed by atoms with Crippen LogP contribution in [0.25, 0.3) is 0 Å². The lowest BCUT2D eigenvalue weighted by atomic mass is 10.0. The van der Waals surface area contributed by atoms with Crippen molar-refractivity contribution in [2.75, 3.05) is 13.2 Å². The SMILES string of the molecule is CC(C)c1nnc(CN2CCCCC2CO)o1. The number of nitrogens with zero attached hydrogens (tertiary/aromatic N) is 3. The predicted molar refractivity (Wildman–Crippen MR) is 63.5 cm³/mol. The van der Waals surface area contributed by atoms with Crippen molar-refractivity contribution in [1.29, 1.82) is 0 Å². The number of aliphatic hydroxyl groups excluding tert-OH is 1. The molecule has 96 valence electrons. The van der Waals surface area contributed by atoms with Crippen LogP contribution < -0.4 is 0 Å². The van der Waals surface area contributed by atoms with E-state index in [0.717, 1.165) is 13.0 Å². The number of piperidine rings is 1. The van der Waals surface area contributed by atoms with Crippen molar-refractivity contribution in [2.45, 2.75) is 51.6 Å². The zero-order valence-corrected chi connectivity index (χ0v) is 10.6. The molecule has 1 N–H and O–H groups in total. The summed E-state index contributed by atoms with van der Waals surface area (Å²) in [7, 11) is 0. The van der Waals surface area contributed by atoms with Gasteiger partial charge in [-0.2, -0.15) is 0 Å². The Morgan fingerprint density at radius 1 is 1.41 bits per heavy atom. The molecule has 0 aromatic carbocycles. The van der Waals surface area contributed by atoms with Gasteiger partial charge in [0.1, 0.15) is 0 Å². The third kappa shape index (κ3) is 3.04. The van der Waals surface area contributed by atoms with Gasteiger partial charge in [0, 0.05) is 12.0 Å². The maximum atomic E-state index is 9.32. The van der Waals surface area contributed by atoms with Gasteiger partial charge in [-0.25, -0.2) is 0 Å². The van der Waals surface area contributed by atoms with Crippen LogP contribution >= 0.6 is 0 Å². The molecule has 1 aromatic heterocycles. The summed E-state index contributed by atoms with van der Waals surface area (Å²) in [5.41, 5.74) is 0. The second kappa shape index (κ2) is 5.60. The van der Waals surface area contributed by atoms with E-state index >= 15 is 0 Å². The molecule has 5 nitrogen and oxygen atoms in total. The Morgan fingerprint density at radius 3 is 2.88 bits per heavy atom. The Kier molecular flexibility index (Phi) is 4.12. The fourth-order valence-electron chi connectivity index (χ4n) is 2.21. The van der Waals surface area contributed by atoms with Crippen LogP contribution in [0.5, 0.6) is 0 Å². The molecule has 0 radical (unpaired) electrons. The van der Waals surface area contributed by atoms with Crippen LogP contribution in [0.15, 0.2) is 4.42 Å². The van der Waals surface area contributed by atoms with Gasteiger partial charge in [-0.3, -0.25) is 4.90 Å². The Hall–Kier alpha value is -0.940. The molecule has 1 aliphatic heterocycles. The molecule has 2 rings (SSSR count). The summed E-state index contributed by atoms with van der Waals surface area (Å²) in [5.74, 6) is 1.62. The van der Waals surface area contributed by atoms with Crippen molar-refractivity contribution >= 4 is 0 Å². The van der Waals surface area contributed by atoms with Crippen molar-refractivity contribution < 1.29 is 9.52 Å². The smallest absolute Gasteiger partial charge is 0.230 e. The molecule has 1 aliphatic rings. The van der Waals surface area contributed by atoms with Crippen LogP contribution in [0.1, 0.15) is 50.8 Å². The van der Waals surface area contributed by atoms with Gasteiger partial charge in [0.05, 0.1) is 13.2 Å². The van der Waals surface area contributed by atoms with E-state index in [4.69, 9.17) is 4.42 Å². The lowest BCUT2D eigenvalue weighted by Gasteiger charge is -2.33. The molecule has 17 heavy (non-hydrogen) atoms. The van der Waals surface area contributed by atoms with Gasteiger partial charge >= 0.3 is 0 Å². The molecule has 0 amide bonds. The number of aliphatic hydroxyl groups is 1. The van der Waals surface area contributed by atoms with Gasteiger partial charge < -0.3 is 9.52 Å². The van der Waals surface area contributed by atoms with E-state index in [1.807, 2.05) is 13.8 Å². The van der Waals surface area contributed by atoms with Crippen molar-refractivity contribution in [3.8, 4) is 0 Å². The third-order valence-electron chi connectivity index (χ3n) is 3.27. The van der Waals surface area contributed by atoms with E-state index < -0.39 is 0 Å². The fourth-order valence-corrected chi connectivity index (χ4v) is 2.21. The van der Waals surface area contributed by atoms with Gasteiger partial charge in [-0.15, -0.1) is 10.2 Å². The standard InChI is InChI=1S/C12H21N3O2/c1-9(2)12-14-13-11(17-12)7-15-6-4-3-5-10(15)8-16/h9-10,16H,3-8H2,1-2H3. The zero-order chi connectivity index (χ0) is 12.3. The summed E-state index contributed by atoms with van der Waals surface area (Å²) in [6.45, 7) is 5.95. The van der Waals surface area contributed by atoms with Gasteiger partial charge in [-0.1, -0.05) is 20.3 Å². The lowest BCUT2D eigenvalue weighted by Crippen LogP contribution is -2.41. The van der Waals surface area contributed by atoms with Crippen molar-refractivity contribution in [2.24, 2.45) is 0 Å². The predicted octanol–water partition coefficient (Wildman–Crippen LogP) is 1.54. The van der Waals surface area contributed by atoms with E-state index in [-0.39, 0.29) is 18.6 Å². The second-order valence-corrected chi connectivity index (χ2v) is 4.99. The highest BCUT2D eigenvalue weighted by Crippen LogP contribution is 2.20. The molecule has 0 aliphatic carbocycles. The summed E-state index contributed by atoms with van der Waals surface area (Å²) in [6, 6.07) is 0.248. The van der Waals surface area contributed by atoms with Crippen molar-refractivity contribution in [3.63, 3.8) is 0 Å². The number of aromatic nitrogens is 2. The molecular weight excluding hydrogens is 218 g/mol. The largest absolute Gasteiger partial charge is 0.424 e. The Morgan fingerprint density at radius 2 is 2.24 bits per heavy atom. The summed E-state index contributed by atoms with van der Waals surface area (Å²) in [5, 5.41) is 17.4. The Labute approximate surface area is 102 Å². The summed E-state index contributed by atoms with van der Waals surface area (Å²) >= 11 is 0. The number of likely N-dealkylation sites (tertiary alicyclic amines) is 1. The first-order chi connectivity index (χ1) is 8.20. The highest BCUT2D eigenvalue weighted by Gasteiger charge is 2.23. The molecule has 5 heteroatoms. The van der Waals surface area contributed by atoms with Crippen LogP contribution in [0.2, 0.25) is 0 Å². The quantitative estimate of drug-likeness (QED) is 0.863. The minimum absolute atomic E-state index is 0.213. The van der Waals surface area contributed by atoms with E-state index in [1.165, 1.54) is 12.8 Å². The average molecular weight is 239 g/mol. The van der Waals surface area contributed by atoms with E-state index in [2.05, 4.69) is 15.1 Å². The maximum absolute atomic E-state index is 9.32. The van der Waals surface area contributed by atoms with Crippen LogP contribution in [-0.4, -0.2) is 39.4 Å². The lowest BCUT2D eigenvalue weighted by molar-refractivity contribution is 0.0763. The molecular formula is C12H21N3O2. The van der Waals surface area contributed by atoms with Crippen molar-refractivity contribution in [1.82, 2.24) is 15.1 Å². The van der Waals surface area contributed by atoms with Crippen LogP contribution in [0.4, 0.5) is 0 Å². The van der Waals surface area contributed by atoms with Gasteiger partial charge in [-0.05, 0) is 19.4 Å². The Bertz CT molecular complexity index is 351. The summed E-state index contributed by atoms with van der Waals surface area (Å²) < 4.78 is 5.60. The first-order valence-corrected chi connectivity index (χ1v) is 6.38. The van der Waals surface area contributed by atoms with Crippen LogP contribution in [-0.2, 0) is 6.54 Å². The van der Waals surface area contributed by atoms with Gasteiger partial charge in [0.25, 0.3) is 0 Å². The number of hydrogen-bond donors (Lipinski definition) is 1. The average Bonchev–Trinajstić information content (AvgIpc) is 2.78. The van der Waals surface area contributed by atoms with Crippen molar-refractivity contribution in [3.05, 3.63) is 11.8 Å². The highest BCUT2D eigenvalue weighted by molar-refractivity contribution is 4.88. The second-order valence-electron chi connectivity index (χ2n) is 4.99. The Balaban J connectivity index is 1.98. The molecule has 1 saturated heterocycles. The topological polar surface area (TPSA) is 62.4 Å². The monoisotopic (exact) mass is 239 g/mol. The minimum atomic E-state index is 0.213. The maximum Gasteiger partial charge on any atom is 0.230 e. The molecule has 1 atom stereocenters. The van der Waals surface area contributed by atoms with E-state index in [0.29, 0.717) is 18.3 Å². The van der Waals surface area contributed by atoms with Gasteiger partial charge in [0.2, 0.25) is 11.8 Å². The van der Waals surface area contributed by atoms with Gasteiger partial charge in [0.15, 0.2) is 0 Å². The minimum Gasteiger partial charge on any atom is -0.424 e. The molecule has 0 bridgehead atoms. The fraction of sp³-hybridized carbons (Fsp3) is 0.833. The number of rotatable bonds is 4. The third-order valence-corrected chi connectivity index (χ3v) is 3.27. The van der Waals surface area contributed by atoms with Crippen LogP contribution in [0.3, 0.4) is 0 Å². The molecule has 1 aromatic rings. The molecule has 0 spiro atoms. The normalized spacial score (nSPS) is 22.2. The zero-order valence-electron chi connectivity index (χ0n) is 10.6.